The van der Waals surface area contributed by atoms with Crippen molar-refractivity contribution in [2.45, 2.75) is 43.5 Å². The lowest BCUT2D eigenvalue weighted by Gasteiger charge is -2.37. The van der Waals surface area contributed by atoms with E-state index in [1.54, 1.807) is 19.2 Å². The van der Waals surface area contributed by atoms with E-state index in [4.69, 9.17) is 9.47 Å². The van der Waals surface area contributed by atoms with Crippen LogP contribution >= 0.6 is 0 Å². The van der Waals surface area contributed by atoms with Gasteiger partial charge in [-0.1, -0.05) is 12.1 Å². The van der Waals surface area contributed by atoms with Crippen molar-refractivity contribution in [3.8, 4) is 0 Å². The fourth-order valence-electron chi connectivity index (χ4n) is 3.25. The quantitative estimate of drug-likeness (QED) is 0.621. The molecule has 2 unspecified atom stereocenters. The Morgan fingerprint density at radius 1 is 1.42 bits per heavy atom. The van der Waals surface area contributed by atoms with Gasteiger partial charge in [-0.15, -0.1) is 0 Å². The van der Waals surface area contributed by atoms with Gasteiger partial charge < -0.3 is 9.47 Å². The molecular formula is C14H17NO4. The standard InChI is InChI=1S/C14H17NO4/c1-18-14-7-6-13(19-14)8-11(9-14)10-2-4-12(5-3-10)15(16)17/h2-5,11,13H,6-9H2,1H3/t11-,13?,14?/m0/s1. The Morgan fingerprint density at radius 3 is 2.79 bits per heavy atom. The van der Waals surface area contributed by atoms with Gasteiger partial charge in [-0.25, -0.2) is 0 Å². The highest BCUT2D eigenvalue weighted by molar-refractivity contribution is 5.34. The van der Waals surface area contributed by atoms with Crippen LogP contribution in [0, 0.1) is 10.1 Å². The first-order valence-electron chi connectivity index (χ1n) is 6.59. The molecule has 0 N–H and O–H groups in total. The van der Waals surface area contributed by atoms with Crippen molar-refractivity contribution in [2.75, 3.05) is 7.11 Å². The maximum absolute atomic E-state index is 10.7. The first kappa shape index (κ1) is 12.6. The minimum atomic E-state index is -0.435. The highest BCUT2D eigenvalue weighted by Gasteiger charge is 2.47. The van der Waals surface area contributed by atoms with Gasteiger partial charge in [0.25, 0.3) is 5.69 Å². The molecular weight excluding hydrogens is 246 g/mol. The van der Waals surface area contributed by atoms with E-state index in [0.717, 1.165) is 31.2 Å². The Balaban J connectivity index is 1.81. The molecule has 5 heteroatoms. The van der Waals surface area contributed by atoms with Crippen LogP contribution in [-0.2, 0) is 9.47 Å². The summed E-state index contributed by atoms with van der Waals surface area (Å²) in [6.45, 7) is 0. The van der Waals surface area contributed by atoms with Crippen molar-refractivity contribution in [1.29, 1.82) is 0 Å². The molecule has 0 aromatic heterocycles. The lowest BCUT2D eigenvalue weighted by atomic mass is 9.87. The average molecular weight is 263 g/mol. The Labute approximate surface area is 111 Å². The minimum absolute atomic E-state index is 0.139. The zero-order chi connectivity index (χ0) is 13.5. The molecule has 2 heterocycles. The minimum Gasteiger partial charge on any atom is -0.353 e. The predicted molar refractivity (Wildman–Crippen MR) is 68.9 cm³/mol. The second-order valence-electron chi connectivity index (χ2n) is 5.38. The third-order valence-corrected chi connectivity index (χ3v) is 4.28. The highest BCUT2D eigenvalue weighted by Crippen LogP contribution is 2.47. The summed E-state index contributed by atoms with van der Waals surface area (Å²) >= 11 is 0. The Kier molecular flexibility index (Phi) is 3.03. The van der Waals surface area contributed by atoms with Crippen LogP contribution in [0.3, 0.4) is 0 Å². The predicted octanol–water partition coefficient (Wildman–Crippen LogP) is 2.99. The summed E-state index contributed by atoms with van der Waals surface area (Å²) in [5, 5.41) is 10.7. The molecule has 3 rings (SSSR count). The molecule has 2 saturated heterocycles. The zero-order valence-electron chi connectivity index (χ0n) is 10.9. The van der Waals surface area contributed by atoms with Gasteiger partial charge in [-0.3, -0.25) is 10.1 Å². The van der Waals surface area contributed by atoms with Gasteiger partial charge in [0, 0.05) is 32.1 Å². The number of nitro groups is 1. The van der Waals surface area contributed by atoms with Crippen molar-refractivity contribution in [3.63, 3.8) is 0 Å². The Bertz CT molecular complexity index is 487. The van der Waals surface area contributed by atoms with Crippen molar-refractivity contribution < 1.29 is 14.4 Å². The fourth-order valence-corrected chi connectivity index (χ4v) is 3.25. The smallest absolute Gasteiger partial charge is 0.269 e. The Morgan fingerprint density at radius 2 is 2.16 bits per heavy atom. The van der Waals surface area contributed by atoms with Gasteiger partial charge in [-0.05, 0) is 24.3 Å². The van der Waals surface area contributed by atoms with E-state index in [0.29, 0.717) is 5.92 Å². The number of methoxy groups -OCH3 is 1. The van der Waals surface area contributed by atoms with Crippen LogP contribution in [0.2, 0.25) is 0 Å². The number of nitro benzene ring substituents is 1. The van der Waals surface area contributed by atoms with E-state index in [1.165, 1.54) is 0 Å². The molecule has 2 fully saturated rings. The molecule has 5 nitrogen and oxygen atoms in total. The number of rotatable bonds is 3. The van der Waals surface area contributed by atoms with Crippen molar-refractivity contribution in [2.24, 2.45) is 0 Å². The number of nitrogens with zero attached hydrogens (tertiary/aromatic N) is 1. The largest absolute Gasteiger partial charge is 0.353 e. The maximum atomic E-state index is 10.7. The summed E-state index contributed by atoms with van der Waals surface area (Å²) in [7, 11) is 1.70. The molecule has 2 aliphatic rings. The Hall–Kier alpha value is -1.46. The summed E-state index contributed by atoms with van der Waals surface area (Å²) in [5.41, 5.74) is 1.28. The number of ether oxygens (including phenoxy) is 2. The van der Waals surface area contributed by atoms with Gasteiger partial charge in [0.15, 0.2) is 5.79 Å². The highest BCUT2D eigenvalue weighted by atomic mass is 16.7. The molecule has 0 radical (unpaired) electrons. The molecule has 19 heavy (non-hydrogen) atoms. The van der Waals surface area contributed by atoms with Crippen molar-refractivity contribution >= 4 is 5.69 Å². The van der Waals surface area contributed by atoms with Gasteiger partial charge >= 0.3 is 0 Å². The van der Waals surface area contributed by atoms with Crippen LogP contribution in [0.15, 0.2) is 24.3 Å². The molecule has 102 valence electrons. The van der Waals surface area contributed by atoms with Crippen LogP contribution in [0.25, 0.3) is 0 Å². The lowest BCUT2D eigenvalue weighted by molar-refractivity contribution is -0.384. The summed E-state index contributed by atoms with van der Waals surface area (Å²) in [6, 6.07) is 6.87. The zero-order valence-corrected chi connectivity index (χ0v) is 10.9. The second-order valence-corrected chi connectivity index (χ2v) is 5.38. The number of fused-ring (bicyclic) bond motifs is 2. The van der Waals surface area contributed by atoms with Gasteiger partial charge in [-0.2, -0.15) is 0 Å². The van der Waals surface area contributed by atoms with E-state index in [9.17, 15) is 10.1 Å². The van der Waals surface area contributed by atoms with E-state index >= 15 is 0 Å². The van der Waals surface area contributed by atoms with Crippen molar-refractivity contribution in [1.82, 2.24) is 0 Å². The van der Waals surface area contributed by atoms with Crippen LogP contribution in [-0.4, -0.2) is 23.9 Å². The summed E-state index contributed by atoms with van der Waals surface area (Å²) in [6.07, 6.45) is 4.05. The first-order chi connectivity index (χ1) is 9.12. The molecule has 0 saturated carbocycles. The molecule has 0 aliphatic carbocycles. The maximum Gasteiger partial charge on any atom is 0.269 e. The summed E-state index contributed by atoms with van der Waals surface area (Å²) < 4.78 is 11.5. The monoisotopic (exact) mass is 263 g/mol. The van der Waals surface area contributed by atoms with Crippen LogP contribution in [0.4, 0.5) is 5.69 Å². The average Bonchev–Trinajstić information content (AvgIpc) is 2.74. The normalized spacial score (nSPS) is 33.3. The van der Waals surface area contributed by atoms with Crippen molar-refractivity contribution in [3.05, 3.63) is 39.9 Å². The molecule has 1 aromatic rings. The summed E-state index contributed by atoms with van der Waals surface area (Å²) in [5.74, 6) is -0.0722. The number of hydrogen-bond acceptors (Lipinski definition) is 4. The molecule has 3 atom stereocenters. The lowest BCUT2D eigenvalue weighted by Crippen LogP contribution is -2.38. The molecule has 2 bridgehead atoms. The van der Waals surface area contributed by atoms with Gasteiger partial charge in [0.1, 0.15) is 0 Å². The molecule has 1 aromatic carbocycles. The first-order valence-corrected chi connectivity index (χ1v) is 6.59. The van der Waals surface area contributed by atoms with Gasteiger partial charge in [0.05, 0.1) is 11.0 Å². The third kappa shape index (κ3) is 2.24. The number of non-ortho nitro benzene ring substituents is 1. The van der Waals surface area contributed by atoms with E-state index in [-0.39, 0.29) is 16.7 Å². The van der Waals surface area contributed by atoms with Crippen LogP contribution in [0.1, 0.15) is 37.2 Å². The van der Waals surface area contributed by atoms with Crippen LogP contribution in [0.5, 0.6) is 0 Å². The molecule has 0 spiro atoms. The third-order valence-electron chi connectivity index (χ3n) is 4.28. The topological polar surface area (TPSA) is 61.6 Å². The second kappa shape index (κ2) is 4.58. The number of benzene rings is 1. The molecule has 2 aliphatic heterocycles. The van der Waals surface area contributed by atoms with Crippen LogP contribution < -0.4 is 0 Å². The van der Waals surface area contributed by atoms with E-state index in [2.05, 4.69) is 0 Å². The fraction of sp³-hybridized carbons (Fsp3) is 0.571. The number of hydrogen-bond donors (Lipinski definition) is 0. The van der Waals surface area contributed by atoms with E-state index < -0.39 is 5.79 Å². The van der Waals surface area contributed by atoms with E-state index in [1.807, 2.05) is 12.1 Å². The SMILES string of the molecule is COC12CCC(C[C@H](c3ccc([N+](=O)[O-])cc3)C1)O2. The summed E-state index contributed by atoms with van der Waals surface area (Å²) in [4.78, 5) is 10.3. The molecule has 0 amide bonds. The van der Waals surface area contributed by atoms with Gasteiger partial charge in [0.2, 0.25) is 0 Å².